The molecule has 1 aromatic carbocycles. The lowest BCUT2D eigenvalue weighted by molar-refractivity contribution is -0.148. The number of hydrogen-bond donors (Lipinski definition) is 1. The van der Waals surface area contributed by atoms with Crippen LogP contribution in [0.5, 0.6) is 0 Å². The molecule has 3 rings (SSSR count). The first kappa shape index (κ1) is 15.6. The van der Waals surface area contributed by atoms with Gasteiger partial charge in [0.2, 0.25) is 0 Å². The summed E-state index contributed by atoms with van der Waals surface area (Å²) in [6, 6.07) is 7.87. The standard InChI is InChI=1S/C18H21NO4/c1-3-23-16(20)11-19-14-7-5-4-6-12(14)13-10-18(2,17(21)22)9-8-15(13)19/h4-7H,3,8-11H2,1-2H3,(H,21,22). The van der Waals surface area contributed by atoms with Crippen LogP contribution < -0.4 is 0 Å². The number of benzene rings is 1. The second-order valence-electron chi connectivity index (χ2n) is 6.38. The van der Waals surface area contributed by atoms with Gasteiger partial charge in [-0.1, -0.05) is 18.2 Å². The molecular formula is C18H21NO4. The van der Waals surface area contributed by atoms with E-state index in [1.54, 1.807) is 13.8 Å². The third-order valence-electron chi connectivity index (χ3n) is 4.78. The van der Waals surface area contributed by atoms with Crippen molar-refractivity contribution >= 4 is 22.8 Å². The maximum atomic E-state index is 11.9. The number of fused-ring (bicyclic) bond motifs is 3. The summed E-state index contributed by atoms with van der Waals surface area (Å²) in [5.74, 6) is -1.02. The fraction of sp³-hybridized carbons (Fsp3) is 0.444. The van der Waals surface area contributed by atoms with Crippen LogP contribution in [0.15, 0.2) is 24.3 Å². The molecular weight excluding hydrogens is 294 g/mol. The largest absolute Gasteiger partial charge is 0.481 e. The highest BCUT2D eigenvalue weighted by molar-refractivity contribution is 5.88. The molecule has 0 radical (unpaired) electrons. The molecule has 5 heteroatoms. The smallest absolute Gasteiger partial charge is 0.325 e. The fourth-order valence-electron chi connectivity index (χ4n) is 3.48. The zero-order chi connectivity index (χ0) is 16.6. The van der Waals surface area contributed by atoms with Crippen LogP contribution in [0.25, 0.3) is 10.9 Å². The van der Waals surface area contributed by atoms with E-state index in [0.717, 1.165) is 22.2 Å². The van der Waals surface area contributed by atoms with Gasteiger partial charge in [-0.25, -0.2) is 0 Å². The van der Waals surface area contributed by atoms with Gasteiger partial charge in [0.15, 0.2) is 0 Å². The van der Waals surface area contributed by atoms with E-state index in [2.05, 4.69) is 0 Å². The quantitative estimate of drug-likeness (QED) is 0.881. The Balaban J connectivity index is 2.10. The summed E-state index contributed by atoms with van der Waals surface area (Å²) >= 11 is 0. The van der Waals surface area contributed by atoms with Crippen molar-refractivity contribution < 1.29 is 19.4 Å². The van der Waals surface area contributed by atoms with Gasteiger partial charge in [-0.15, -0.1) is 0 Å². The van der Waals surface area contributed by atoms with Crippen LogP contribution in [0.1, 0.15) is 31.5 Å². The molecule has 0 saturated carbocycles. The molecule has 0 amide bonds. The second kappa shape index (κ2) is 5.72. The van der Waals surface area contributed by atoms with E-state index in [9.17, 15) is 14.7 Å². The van der Waals surface area contributed by atoms with E-state index >= 15 is 0 Å². The van der Waals surface area contributed by atoms with Gasteiger partial charge < -0.3 is 14.4 Å². The predicted octanol–water partition coefficient (Wildman–Crippen LogP) is 2.78. The van der Waals surface area contributed by atoms with Crippen molar-refractivity contribution in [1.29, 1.82) is 0 Å². The number of hydrogen-bond acceptors (Lipinski definition) is 3. The van der Waals surface area contributed by atoms with Gasteiger partial charge >= 0.3 is 11.9 Å². The van der Waals surface area contributed by atoms with E-state index in [1.807, 2.05) is 28.8 Å². The Morgan fingerprint density at radius 1 is 1.35 bits per heavy atom. The van der Waals surface area contributed by atoms with Crippen molar-refractivity contribution in [3.8, 4) is 0 Å². The summed E-state index contributed by atoms with van der Waals surface area (Å²) in [6.07, 6.45) is 1.73. The summed E-state index contributed by atoms with van der Waals surface area (Å²) in [4.78, 5) is 23.5. The topological polar surface area (TPSA) is 68.5 Å². The Morgan fingerprint density at radius 3 is 2.78 bits per heavy atom. The summed E-state index contributed by atoms with van der Waals surface area (Å²) in [5.41, 5.74) is 2.35. The van der Waals surface area contributed by atoms with Crippen molar-refractivity contribution in [2.45, 2.75) is 39.7 Å². The Morgan fingerprint density at radius 2 is 2.09 bits per heavy atom. The normalized spacial score (nSPS) is 20.3. The average Bonchev–Trinajstić information content (AvgIpc) is 2.81. The first-order valence-corrected chi connectivity index (χ1v) is 7.94. The molecule has 0 spiro atoms. The lowest BCUT2D eigenvalue weighted by atomic mass is 9.74. The van der Waals surface area contributed by atoms with Crippen LogP contribution in [-0.4, -0.2) is 28.2 Å². The van der Waals surface area contributed by atoms with Gasteiger partial charge in [0.25, 0.3) is 0 Å². The van der Waals surface area contributed by atoms with Gasteiger partial charge in [-0.05, 0) is 44.7 Å². The number of rotatable bonds is 4. The summed E-state index contributed by atoms with van der Waals surface area (Å²) < 4.78 is 7.07. The number of aliphatic carboxylic acids is 1. The van der Waals surface area contributed by atoms with Crippen LogP contribution in [0.3, 0.4) is 0 Å². The minimum atomic E-state index is -0.759. The minimum Gasteiger partial charge on any atom is -0.481 e. The highest BCUT2D eigenvalue weighted by atomic mass is 16.5. The molecule has 5 nitrogen and oxygen atoms in total. The predicted molar refractivity (Wildman–Crippen MR) is 86.3 cm³/mol. The third kappa shape index (κ3) is 2.60. The number of para-hydroxylation sites is 1. The highest BCUT2D eigenvalue weighted by Crippen LogP contribution is 2.40. The van der Waals surface area contributed by atoms with E-state index in [1.165, 1.54) is 0 Å². The van der Waals surface area contributed by atoms with Crippen molar-refractivity contribution in [2.24, 2.45) is 5.41 Å². The molecule has 122 valence electrons. The first-order chi connectivity index (χ1) is 11.0. The number of aromatic nitrogens is 1. The van der Waals surface area contributed by atoms with Gasteiger partial charge in [0.05, 0.1) is 12.0 Å². The van der Waals surface area contributed by atoms with Gasteiger partial charge in [-0.3, -0.25) is 9.59 Å². The third-order valence-corrected chi connectivity index (χ3v) is 4.78. The molecule has 1 aliphatic rings. The molecule has 1 N–H and O–H groups in total. The fourth-order valence-corrected chi connectivity index (χ4v) is 3.48. The minimum absolute atomic E-state index is 0.174. The van der Waals surface area contributed by atoms with Crippen molar-refractivity contribution in [3.63, 3.8) is 0 Å². The maximum Gasteiger partial charge on any atom is 0.325 e. The van der Waals surface area contributed by atoms with Crippen molar-refractivity contribution in [3.05, 3.63) is 35.5 Å². The molecule has 0 saturated heterocycles. The van der Waals surface area contributed by atoms with Crippen LogP contribution in [0.4, 0.5) is 0 Å². The Labute approximate surface area is 134 Å². The zero-order valence-electron chi connectivity index (χ0n) is 13.5. The monoisotopic (exact) mass is 315 g/mol. The number of nitrogens with zero attached hydrogens (tertiary/aromatic N) is 1. The number of carbonyl (C=O) groups excluding carboxylic acids is 1. The van der Waals surface area contributed by atoms with Gasteiger partial charge in [-0.2, -0.15) is 0 Å². The second-order valence-corrected chi connectivity index (χ2v) is 6.38. The molecule has 1 heterocycles. The van der Waals surface area contributed by atoms with Gasteiger partial charge in [0.1, 0.15) is 6.54 Å². The van der Waals surface area contributed by atoms with Crippen LogP contribution in [-0.2, 0) is 33.7 Å². The number of carboxylic acids is 1. The van der Waals surface area contributed by atoms with E-state index in [-0.39, 0.29) is 12.5 Å². The first-order valence-electron chi connectivity index (χ1n) is 7.94. The molecule has 2 aromatic rings. The maximum absolute atomic E-state index is 11.9. The number of ether oxygens (including phenoxy) is 1. The molecule has 1 aliphatic carbocycles. The van der Waals surface area contributed by atoms with Crippen molar-refractivity contribution in [2.75, 3.05) is 6.61 Å². The van der Waals surface area contributed by atoms with Crippen LogP contribution in [0, 0.1) is 5.41 Å². The van der Waals surface area contributed by atoms with E-state index in [0.29, 0.717) is 25.9 Å². The highest BCUT2D eigenvalue weighted by Gasteiger charge is 2.39. The SMILES string of the molecule is CCOC(=O)Cn1c2c(c3ccccc31)CC(C)(C(=O)O)CC2. The summed E-state index contributed by atoms with van der Waals surface area (Å²) in [6.45, 7) is 4.12. The van der Waals surface area contributed by atoms with E-state index in [4.69, 9.17) is 4.74 Å². The van der Waals surface area contributed by atoms with Crippen LogP contribution in [0.2, 0.25) is 0 Å². The van der Waals surface area contributed by atoms with Gasteiger partial charge in [0, 0.05) is 16.6 Å². The number of esters is 1. The molecule has 0 bridgehead atoms. The Hall–Kier alpha value is -2.30. The average molecular weight is 315 g/mol. The van der Waals surface area contributed by atoms with E-state index < -0.39 is 11.4 Å². The Kier molecular flexibility index (Phi) is 3.88. The summed E-state index contributed by atoms with van der Waals surface area (Å²) in [7, 11) is 0. The van der Waals surface area contributed by atoms with Crippen LogP contribution >= 0.6 is 0 Å². The Bertz CT molecular complexity index is 777. The van der Waals surface area contributed by atoms with Crippen molar-refractivity contribution in [1.82, 2.24) is 4.57 Å². The molecule has 0 fully saturated rings. The summed E-state index contributed by atoms with van der Waals surface area (Å²) in [5, 5.41) is 10.6. The molecule has 23 heavy (non-hydrogen) atoms. The number of carbonyl (C=O) groups is 2. The molecule has 1 atom stereocenters. The lowest BCUT2D eigenvalue weighted by Gasteiger charge is -2.30. The molecule has 1 unspecified atom stereocenters. The lowest BCUT2D eigenvalue weighted by Crippen LogP contribution is -2.34. The molecule has 1 aromatic heterocycles. The molecule has 0 aliphatic heterocycles. The zero-order valence-corrected chi connectivity index (χ0v) is 13.5. The number of carboxylic acid groups (broad SMARTS) is 1.